The van der Waals surface area contributed by atoms with Crippen molar-refractivity contribution in [2.75, 3.05) is 27.7 Å². The van der Waals surface area contributed by atoms with E-state index in [9.17, 15) is 0 Å². The molecule has 0 radical (unpaired) electrons. The Morgan fingerprint density at radius 3 is 2.76 bits per heavy atom. The van der Waals surface area contributed by atoms with Gasteiger partial charge >= 0.3 is 0 Å². The zero-order valence-corrected chi connectivity index (χ0v) is 13.2. The maximum Gasteiger partial charge on any atom is 0.161 e. The summed E-state index contributed by atoms with van der Waals surface area (Å²) in [5.41, 5.74) is 9.65. The quantitative estimate of drug-likeness (QED) is 0.881. The summed E-state index contributed by atoms with van der Waals surface area (Å²) in [6, 6.07) is 7.99. The van der Waals surface area contributed by atoms with E-state index < -0.39 is 0 Å². The van der Waals surface area contributed by atoms with Gasteiger partial charge in [0.15, 0.2) is 5.75 Å². The van der Waals surface area contributed by atoms with Crippen molar-refractivity contribution in [3.63, 3.8) is 0 Å². The van der Waals surface area contributed by atoms with E-state index in [1.807, 2.05) is 30.9 Å². The summed E-state index contributed by atoms with van der Waals surface area (Å²) in [6.07, 6.45) is 1.74. The van der Waals surface area contributed by atoms with Gasteiger partial charge in [0.2, 0.25) is 0 Å². The fourth-order valence-electron chi connectivity index (χ4n) is 2.34. The Hall–Kier alpha value is -1.85. The molecule has 0 saturated carbocycles. The first-order valence-electron chi connectivity index (χ1n) is 7.09. The molecule has 0 spiro atoms. The second kappa shape index (κ2) is 6.74. The molecule has 5 nitrogen and oxygen atoms in total. The van der Waals surface area contributed by atoms with E-state index in [1.165, 1.54) is 5.56 Å². The summed E-state index contributed by atoms with van der Waals surface area (Å²) < 4.78 is 7.37. The SMILES string of the molecule is COc1cnn(CCN(C)C)c1C(N)c1cccc(C)c1. The van der Waals surface area contributed by atoms with E-state index in [0.29, 0.717) is 0 Å². The minimum absolute atomic E-state index is 0.246. The number of ether oxygens (including phenoxy) is 1. The summed E-state index contributed by atoms with van der Waals surface area (Å²) in [6.45, 7) is 3.75. The first-order valence-corrected chi connectivity index (χ1v) is 7.09. The molecular weight excluding hydrogens is 264 g/mol. The molecule has 0 amide bonds. The minimum atomic E-state index is -0.246. The zero-order chi connectivity index (χ0) is 15.4. The number of nitrogens with two attached hydrogens (primary N) is 1. The van der Waals surface area contributed by atoms with Crippen LogP contribution in [0.3, 0.4) is 0 Å². The fraction of sp³-hybridized carbons (Fsp3) is 0.438. The van der Waals surface area contributed by atoms with Crippen LogP contribution in [0, 0.1) is 6.92 Å². The average molecular weight is 288 g/mol. The highest BCUT2D eigenvalue weighted by molar-refractivity contribution is 5.37. The van der Waals surface area contributed by atoms with Crippen molar-refractivity contribution in [3.8, 4) is 5.75 Å². The molecule has 0 fully saturated rings. The summed E-state index contributed by atoms with van der Waals surface area (Å²) in [5.74, 6) is 0.739. The largest absolute Gasteiger partial charge is 0.493 e. The van der Waals surface area contributed by atoms with Gasteiger partial charge in [0.1, 0.15) is 5.69 Å². The van der Waals surface area contributed by atoms with E-state index >= 15 is 0 Å². The highest BCUT2D eigenvalue weighted by Crippen LogP contribution is 2.28. The third-order valence-corrected chi connectivity index (χ3v) is 3.52. The van der Waals surface area contributed by atoms with Crippen molar-refractivity contribution in [3.05, 3.63) is 47.3 Å². The first-order chi connectivity index (χ1) is 10.0. The molecule has 2 rings (SSSR count). The van der Waals surface area contributed by atoms with Gasteiger partial charge in [-0.05, 0) is 26.6 Å². The average Bonchev–Trinajstić information content (AvgIpc) is 2.87. The molecule has 1 atom stereocenters. The van der Waals surface area contributed by atoms with E-state index in [4.69, 9.17) is 10.5 Å². The van der Waals surface area contributed by atoms with E-state index in [0.717, 1.165) is 30.1 Å². The van der Waals surface area contributed by atoms with Gasteiger partial charge in [0.25, 0.3) is 0 Å². The van der Waals surface area contributed by atoms with Crippen LogP contribution in [0.25, 0.3) is 0 Å². The van der Waals surface area contributed by atoms with E-state index in [-0.39, 0.29) is 6.04 Å². The van der Waals surface area contributed by atoms with Crippen LogP contribution >= 0.6 is 0 Å². The van der Waals surface area contributed by atoms with Crippen molar-refractivity contribution >= 4 is 0 Å². The Kier molecular flexibility index (Phi) is 4.98. The predicted octanol–water partition coefficient (Wildman–Crippen LogP) is 1.81. The van der Waals surface area contributed by atoms with Gasteiger partial charge in [0, 0.05) is 6.54 Å². The fourth-order valence-corrected chi connectivity index (χ4v) is 2.34. The van der Waals surface area contributed by atoms with Gasteiger partial charge in [0.05, 0.1) is 25.9 Å². The van der Waals surface area contributed by atoms with Crippen molar-refractivity contribution < 1.29 is 4.74 Å². The lowest BCUT2D eigenvalue weighted by Crippen LogP contribution is -2.23. The third-order valence-electron chi connectivity index (χ3n) is 3.52. The van der Waals surface area contributed by atoms with Crippen LogP contribution in [0.2, 0.25) is 0 Å². The topological polar surface area (TPSA) is 56.3 Å². The van der Waals surface area contributed by atoms with Gasteiger partial charge < -0.3 is 15.4 Å². The Labute approximate surface area is 126 Å². The van der Waals surface area contributed by atoms with Crippen LogP contribution in [0.5, 0.6) is 5.75 Å². The monoisotopic (exact) mass is 288 g/mol. The third kappa shape index (κ3) is 3.62. The van der Waals surface area contributed by atoms with Crippen LogP contribution in [0.4, 0.5) is 0 Å². The highest BCUT2D eigenvalue weighted by atomic mass is 16.5. The second-order valence-electron chi connectivity index (χ2n) is 5.52. The molecule has 1 aromatic carbocycles. The lowest BCUT2D eigenvalue weighted by molar-refractivity contribution is 0.363. The summed E-state index contributed by atoms with van der Waals surface area (Å²) in [4.78, 5) is 2.12. The molecular formula is C16H24N4O. The first kappa shape index (κ1) is 15.5. The molecule has 0 aliphatic heterocycles. The maximum absolute atomic E-state index is 6.46. The number of rotatable bonds is 6. The molecule has 5 heteroatoms. The lowest BCUT2D eigenvalue weighted by Gasteiger charge is -2.18. The zero-order valence-electron chi connectivity index (χ0n) is 13.2. The van der Waals surface area contributed by atoms with Crippen LogP contribution < -0.4 is 10.5 Å². The van der Waals surface area contributed by atoms with Gasteiger partial charge in [-0.1, -0.05) is 29.8 Å². The molecule has 114 valence electrons. The molecule has 0 saturated heterocycles. The lowest BCUT2D eigenvalue weighted by atomic mass is 10.0. The van der Waals surface area contributed by atoms with Gasteiger partial charge in [-0.2, -0.15) is 5.10 Å². The highest BCUT2D eigenvalue weighted by Gasteiger charge is 2.20. The van der Waals surface area contributed by atoms with Gasteiger partial charge in [-0.25, -0.2) is 0 Å². The molecule has 0 aliphatic carbocycles. The number of aromatic nitrogens is 2. The normalized spacial score (nSPS) is 12.7. The maximum atomic E-state index is 6.46. The molecule has 2 N–H and O–H groups in total. The summed E-state index contributed by atoms with van der Waals surface area (Å²) >= 11 is 0. The van der Waals surface area contributed by atoms with Crippen molar-refractivity contribution in [2.45, 2.75) is 19.5 Å². The van der Waals surface area contributed by atoms with Crippen LogP contribution in [-0.4, -0.2) is 42.4 Å². The van der Waals surface area contributed by atoms with E-state index in [1.54, 1.807) is 13.3 Å². The summed E-state index contributed by atoms with van der Waals surface area (Å²) in [7, 11) is 5.74. The molecule has 21 heavy (non-hydrogen) atoms. The Balaban J connectivity index is 2.34. The van der Waals surface area contributed by atoms with Crippen molar-refractivity contribution in [1.82, 2.24) is 14.7 Å². The molecule has 1 heterocycles. The van der Waals surface area contributed by atoms with Gasteiger partial charge in [-0.3, -0.25) is 4.68 Å². The molecule has 1 unspecified atom stereocenters. The Bertz CT molecular complexity index is 592. The standard InChI is InChI=1S/C16H24N4O/c1-12-6-5-7-13(10-12)15(17)16-14(21-4)11-18-20(16)9-8-19(2)3/h5-7,10-11,15H,8-9,17H2,1-4H3. The molecule has 2 aromatic rings. The molecule has 1 aromatic heterocycles. The van der Waals surface area contributed by atoms with Crippen molar-refractivity contribution in [1.29, 1.82) is 0 Å². The minimum Gasteiger partial charge on any atom is -0.493 e. The van der Waals surface area contributed by atoms with Crippen LogP contribution in [0.1, 0.15) is 22.9 Å². The Morgan fingerprint density at radius 2 is 2.14 bits per heavy atom. The number of benzene rings is 1. The van der Waals surface area contributed by atoms with E-state index in [2.05, 4.69) is 29.1 Å². The van der Waals surface area contributed by atoms with Gasteiger partial charge in [-0.15, -0.1) is 0 Å². The smallest absolute Gasteiger partial charge is 0.161 e. The number of aryl methyl sites for hydroxylation is 1. The molecule has 0 aliphatic rings. The predicted molar refractivity (Wildman–Crippen MR) is 84.5 cm³/mol. The number of likely N-dealkylation sites (N-methyl/N-ethyl adjacent to an activating group) is 1. The number of nitrogens with zero attached hydrogens (tertiary/aromatic N) is 3. The van der Waals surface area contributed by atoms with Crippen LogP contribution in [0.15, 0.2) is 30.5 Å². The number of hydrogen-bond acceptors (Lipinski definition) is 4. The Morgan fingerprint density at radius 1 is 1.38 bits per heavy atom. The summed E-state index contributed by atoms with van der Waals surface area (Å²) in [5, 5.41) is 4.41. The number of hydrogen-bond donors (Lipinski definition) is 1. The van der Waals surface area contributed by atoms with Crippen LogP contribution in [-0.2, 0) is 6.54 Å². The van der Waals surface area contributed by atoms with Crippen molar-refractivity contribution in [2.24, 2.45) is 5.73 Å². The number of methoxy groups -OCH3 is 1. The molecule has 0 bridgehead atoms. The second-order valence-corrected chi connectivity index (χ2v) is 5.52.